The van der Waals surface area contributed by atoms with E-state index in [4.69, 9.17) is 0 Å². The zero-order chi connectivity index (χ0) is 20.6. The summed E-state index contributed by atoms with van der Waals surface area (Å²) in [7, 11) is -2.99. The molecule has 28 heavy (non-hydrogen) atoms. The van der Waals surface area contributed by atoms with Crippen molar-refractivity contribution in [2.75, 3.05) is 43.1 Å². The van der Waals surface area contributed by atoms with E-state index in [1.165, 1.54) is 12.3 Å². The van der Waals surface area contributed by atoms with Gasteiger partial charge in [-0.3, -0.25) is 4.99 Å². The number of ether oxygens (including phenoxy) is 1. The first-order valence-corrected chi connectivity index (χ1v) is 11.4. The van der Waals surface area contributed by atoms with Crippen LogP contribution in [0.4, 0.5) is 14.5 Å². The molecule has 0 aliphatic carbocycles. The number of sulfone groups is 1. The number of guanidine groups is 1. The monoisotopic (exact) mass is 418 g/mol. The average molecular weight is 419 g/mol. The fraction of sp³-hybridized carbons (Fsp3) is 0.611. The summed E-state index contributed by atoms with van der Waals surface area (Å²) in [4.78, 5) is 6.42. The fourth-order valence-electron chi connectivity index (χ4n) is 3.04. The van der Waals surface area contributed by atoms with Gasteiger partial charge in [0.25, 0.3) is 0 Å². The highest BCUT2D eigenvalue weighted by atomic mass is 32.2. The second-order valence-corrected chi connectivity index (χ2v) is 8.93. The summed E-state index contributed by atoms with van der Waals surface area (Å²) in [6.45, 7) is 1.50. The van der Waals surface area contributed by atoms with Crippen LogP contribution in [0.25, 0.3) is 0 Å². The highest BCUT2D eigenvalue weighted by molar-refractivity contribution is 7.90. The Morgan fingerprint density at radius 1 is 1.39 bits per heavy atom. The number of hydrogen-bond donors (Lipinski definition) is 2. The Labute approximate surface area is 165 Å². The van der Waals surface area contributed by atoms with E-state index in [2.05, 4.69) is 20.4 Å². The van der Waals surface area contributed by atoms with Gasteiger partial charge >= 0.3 is 6.61 Å². The third-order valence-corrected chi connectivity index (χ3v) is 5.27. The molecule has 1 aliphatic heterocycles. The van der Waals surface area contributed by atoms with Gasteiger partial charge in [-0.2, -0.15) is 8.78 Å². The quantitative estimate of drug-likeness (QED) is 0.362. The number of hydrogen-bond acceptors (Lipinski definition) is 5. The summed E-state index contributed by atoms with van der Waals surface area (Å²) in [5.41, 5.74) is 0.641. The first-order chi connectivity index (χ1) is 13.3. The molecule has 0 spiro atoms. The molecule has 0 aromatic heterocycles. The first kappa shape index (κ1) is 22.2. The lowest BCUT2D eigenvalue weighted by molar-refractivity contribution is -0.0495. The molecule has 2 rings (SSSR count). The Morgan fingerprint density at radius 3 is 2.82 bits per heavy atom. The van der Waals surface area contributed by atoms with E-state index in [0.717, 1.165) is 6.42 Å². The maximum absolute atomic E-state index is 12.6. The van der Waals surface area contributed by atoms with E-state index in [-0.39, 0.29) is 17.5 Å². The van der Waals surface area contributed by atoms with Crippen molar-refractivity contribution < 1.29 is 21.9 Å². The number of halogens is 2. The van der Waals surface area contributed by atoms with Crippen LogP contribution in [0.2, 0.25) is 0 Å². The van der Waals surface area contributed by atoms with Crippen molar-refractivity contribution in [1.29, 1.82) is 0 Å². The normalized spacial score (nSPS) is 17.8. The zero-order valence-corrected chi connectivity index (χ0v) is 17.0. The van der Waals surface area contributed by atoms with E-state index in [0.29, 0.717) is 44.2 Å². The molecule has 1 aromatic rings. The average Bonchev–Trinajstić information content (AvgIpc) is 3.06. The molecular weight excluding hydrogens is 390 g/mol. The molecule has 158 valence electrons. The maximum atomic E-state index is 12.6. The summed E-state index contributed by atoms with van der Waals surface area (Å²) in [5, 5.41) is 6.48. The van der Waals surface area contributed by atoms with Crippen LogP contribution in [0, 0.1) is 0 Å². The smallest absolute Gasteiger partial charge is 0.387 e. The van der Waals surface area contributed by atoms with Crippen molar-refractivity contribution >= 4 is 21.5 Å². The van der Waals surface area contributed by atoms with Crippen molar-refractivity contribution in [3.8, 4) is 5.75 Å². The van der Waals surface area contributed by atoms with Crippen LogP contribution in [0.15, 0.2) is 29.3 Å². The second kappa shape index (κ2) is 10.4. The zero-order valence-electron chi connectivity index (χ0n) is 16.2. The lowest BCUT2D eigenvalue weighted by Crippen LogP contribution is -2.44. The van der Waals surface area contributed by atoms with E-state index in [1.54, 1.807) is 18.2 Å². The molecule has 0 amide bonds. The summed E-state index contributed by atoms with van der Waals surface area (Å²) < 4.78 is 52.3. The lowest BCUT2D eigenvalue weighted by atomic mass is 10.2. The number of benzene rings is 1. The third-order valence-electron chi connectivity index (χ3n) is 4.24. The molecule has 1 aliphatic rings. The minimum Gasteiger partial charge on any atom is -0.433 e. The number of rotatable bonds is 9. The second-order valence-electron chi connectivity index (χ2n) is 6.67. The summed E-state index contributed by atoms with van der Waals surface area (Å²) in [6, 6.07) is 6.86. The van der Waals surface area contributed by atoms with E-state index >= 15 is 0 Å². The summed E-state index contributed by atoms with van der Waals surface area (Å²) in [5.74, 6) is 0.896. The largest absolute Gasteiger partial charge is 0.433 e. The third kappa shape index (κ3) is 7.49. The van der Waals surface area contributed by atoms with Crippen molar-refractivity contribution in [3.05, 3.63) is 24.3 Å². The SMILES string of the molecule is CCNC(=NCCCS(C)(=O)=O)NC1CCN(c2ccccc2OC(F)F)C1. The molecule has 7 nitrogen and oxygen atoms in total. The van der Waals surface area contributed by atoms with Gasteiger partial charge in [-0.1, -0.05) is 12.1 Å². The van der Waals surface area contributed by atoms with Crippen molar-refractivity contribution in [1.82, 2.24) is 10.6 Å². The number of anilines is 1. The van der Waals surface area contributed by atoms with Crippen LogP contribution < -0.4 is 20.3 Å². The van der Waals surface area contributed by atoms with Crippen molar-refractivity contribution in [2.24, 2.45) is 4.99 Å². The molecule has 1 atom stereocenters. The number of para-hydroxylation sites is 2. The molecule has 1 aromatic carbocycles. The topological polar surface area (TPSA) is 83.0 Å². The van der Waals surface area contributed by atoms with Crippen LogP contribution in [0.3, 0.4) is 0 Å². The standard InChI is InChI=1S/C18H28F2N4O3S/c1-3-21-18(22-10-6-12-28(2,25)26)23-14-9-11-24(13-14)15-7-4-5-8-16(15)27-17(19)20/h4-5,7-8,14,17H,3,6,9-13H2,1-2H3,(H2,21,22,23). The summed E-state index contributed by atoms with van der Waals surface area (Å²) >= 11 is 0. The highest BCUT2D eigenvalue weighted by Gasteiger charge is 2.26. The van der Waals surface area contributed by atoms with Gasteiger partial charge in [-0.05, 0) is 31.9 Å². The van der Waals surface area contributed by atoms with E-state index in [9.17, 15) is 17.2 Å². The number of nitrogens with zero attached hydrogens (tertiary/aromatic N) is 2. The minimum absolute atomic E-state index is 0.0901. The van der Waals surface area contributed by atoms with Gasteiger partial charge in [0, 0.05) is 38.5 Å². The van der Waals surface area contributed by atoms with Gasteiger partial charge in [0.2, 0.25) is 0 Å². The first-order valence-electron chi connectivity index (χ1n) is 9.30. The molecule has 1 fully saturated rings. The van der Waals surface area contributed by atoms with E-state index < -0.39 is 16.4 Å². The molecule has 0 saturated carbocycles. The number of alkyl halides is 2. The van der Waals surface area contributed by atoms with Gasteiger partial charge in [-0.15, -0.1) is 0 Å². The molecule has 0 bridgehead atoms. The van der Waals surface area contributed by atoms with Crippen LogP contribution in [-0.4, -0.2) is 65.2 Å². The lowest BCUT2D eigenvalue weighted by Gasteiger charge is -2.22. The van der Waals surface area contributed by atoms with Crippen LogP contribution in [0.1, 0.15) is 19.8 Å². The number of nitrogens with one attached hydrogen (secondary N) is 2. The number of aliphatic imine (C=N–C) groups is 1. The van der Waals surface area contributed by atoms with Crippen molar-refractivity contribution in [2.45, 2.75) is 32.4 Å². The molecule has 1 unspecified atom stereocenters. The van der Waals surface area contributed by atoms with Gasteiger partial charge in [-0.25, -0.2) is 8.42 Å². The van der Waals surface area contributed by atoms with Gasteiger partial charge in [0.05, 0.1) is 11.4 Å². The molecule has 2 N–H and O–H groups in total. The van der Waals surface area contributed by atoms with Crippen LogP contribution >= 0.6 is 0 Å². The van der Waals surface area contributed by atoms with Gasteiger partial charge in [0.1, 0.15) is 15.6 Å². The van der Waals surface area contributed by atoms with Gasteiger partial charge < -0.3 is 20.3 Å². The molecular formula is C18H28F2N4O3S. The predicted octanol–water partition coefficient (Wildman–Crippen LogP) is 1.86. The predicted molar refractivity (Wildman–Crippen MR) is 107 cm³/mol. The Bertz CT molecular complexity index is 759. The summed E-state index contributed by atoms with van der Waals surface area (Å²) in [6.07, 6.45) is 2.49. The molecule has 10 heteroatoms. The maximum Gasteiger partial charge on any atom is 0.387 e. The molecule has 0 radical (unpaired) electrons. The Kier molecular flexibility index (Phi) is 8.28. The molecule has 1 saturated heterocycles. The van der Waals surface area contributed by atoms with Gasteiger partial charge in [0.15, 0.2) is 5.96 Å². The highest BCUT2D eigenvalue weighted by Crippen LogP contribution is 2.31. The minimum atomic E-state index is -2.99. The fourth-order valence-corrected chi connectivity index (χ4v) is 3.70. The Balaban J connectivity index is 1.94. The Hall–Kier alpha value is -2.10. The van der Waals surface area contributed by atoms with Crippen molar-refractivity contribution in [3.63, 3.8) is 0 Å². The van der Waals surface area contributed by atoms with E-state index in [1.807, 2.05) is 11.8 Å². The van der Waals surface area contributed by atoms with Crippen LogP contribution in [-0.2, 0) is 9.84 Å². The molecule has 1 heterocycles. The Morgan fingerprint density at radius 2 is 2.14 bits per heavy atom. The van der Waals surface area contributed by atoms with Crippen LogP contribution in [0.5, 0.6) is 5.75 Å².